The molecule has 0 heterocycles. The van der Waals surface area contributed by atoms with Crippen LogP contribution in [0.25, 0.3) is 0 Å². The van der Waals surface area contributed by atoms with E-state index in [1.807, 2.05) is 0 Å². The Balaban J connectivity index is 0. The number of aromatic hydroxyl groups is 1. The molecule has 0 unspecified atom stereocenters. The van der Waals surface area contributed by atoms with E-state index in [9.17, 15) is 4.79 Å². The highest BCUT2D eigenvalue weighted by Gasteiger charge is 2.05. The lowest BCUT2D eigenvalue weighted by atomic mass is 10.2. The number of nitrogens with zero attached hydrogens (tertiary/aromatic N) is 1. The maximum atomic E-state index is 10.3. The molecule has 0 aliphatic carbocycles. The molecule has 0 aliphatic heterocycles. The summed E-state index contributed by atoms with van der Waals surface area (Å²) in [5.74, 6) is -1.31. The number of aliphatic hydroxyl groups is 1. The smallest absolute Gasteiger partial charge is 0.394 e. The van der Waals surface area contributed by atoms with Gasteiger partial charge in [-0.3, -0.25) is 9.11 Å². The highest BCUT2D eigenvalue weighted by Crippen LogP contribution is 2.14. The molecule has 0 fully saturated rings. The maximum absolute atomic E-state index is 10.3. The van der Waals surface area contributed by atoms with Crippen molar-refractivity contribution in [2.75, 3.05) is 34.3 Å². The van der Waals surface area contributed by atoms with Gasteiger partial charge in [-0.05, 0) is 12.1 Å². The van der Waals surface area contributed by atoms with E-state index in [1.54, 1.807) is 12.1 Å². The fourth-order valence-corrected chi connectivity index (χ4v) is 0.954. The van der Waals surface area contributed by atoms with Crippen LogP contribution in [-0.2, 0) is 10.4 Å². The zero-order chi connectivity index (χ0) is 18.0. The number of carboxylic acid groups (broad SMARTS) is 1. The van der Waals surface area contributed by atoms with Crippen molar-refractivity contribution in [1.82, 2.24) is 0 Å². The van der Waals surface area contributed by atoms with Crippen LogP contribution in [0.1, 0.15) is 10.4 Å². The van der Waals surface area contributed by atoms with Crippen LogP contribution in [0.3, 0.4) is 0 Å². The van der Waals surface area contributed by atoms with Gasteiger partial charge in [-0.2, -0.15) is 8.42 Å². The van der Waals surface area contributed by atoms with Gasteiger partial charge in [0.2, 0.25) is 0 Å². The third kappa shape index (κ3) is 18.3. The lowest BCUT2D eigenvalue weighted by molar-refractivity contribution is -0.870. The first kappa shape index (κ1) is 22.6. The Bertz CT molecular complexity index is 542. The first-order chi connectivity index (χ1) is 9.78. The Morgan fingerprint density at radius 2 is 1.55 bits per heavy atom. The Morgan fingerprint density at radius 3 is 1.73 bits per heavy atom. The van der Waals surface area contributed by atoms with Crippen LogP contribution in [0.5, 0.6) is 5.75 Å². The van der Waals surface area contributed by atoms with Crippen molar-refractivity contribution in [3.05, 3.63) is 29.8 Å². The number of aliphatic hydroxyl groups excluding tert-OH is 1. The lowest BCUT2D eigenvalue weighted by Gasteiger charge is -2.21. The van der Waals surface area contributed by atoms with Crippen molar-refractivity contribution in [1.29, 1.82) is 0 Å². The van der Waals surface area contributed by atoms with Gasteiger partial charge in [0.25, 0.3) is 0 Å². The average molecular weight is 340 g/mol. The van der Waals surface area contributed by atoms with Crippen LogP contribution in [0, 0.1) is 0 Å². The Labute approximate surface area is 129 Å². The molecule has 1 aromatic carbocycles. The van der Waals surface area contributed by atoms with Crippen LogP contribution in [0.15, 0.2) is 24.3 Å². The van der Waals surface area contributed by atoms with Gasteiger partial charge >= 0.3 is 16.4 Å². The first-order valence-corrected chi connectivity index (χ1v) is 7.30. The fourth-order valence-electron chi connectivity index (χ4n) is 0.954. The van der Waals surface area contributed by atoms with Crippen LogP contribution in [0.2, 0.25) is 0 Å². The first-order valence-electron chi connectivity index (χ1n) is 5.90. The van der Waals surface area contributed by atoms with E-state index < -0.39 is 16.4 Å². The summed E-state index contributed by atoms with van der Waals surface area (Å²) in [7, 11) is 1.49. The third-order valence-corrected chi connectivity index (χ3v) is 1.91. The second-order valence-electron chi connectivity index (χ2n) is 5.01. The molecule has 5 N–H and O–H groups in total. The van der Waals surface area contributed by atoms with Crippen LogP contribution in [0.4, 0.5) is 0 Å². The summed E-state index contributed by atoms with van der Waals surface area (Å²) < 4.78 is 32.4. The number of para-hydroxylation sites is 1. The Kier molecular flexibility index (Phi) is 10.3. The van der Waals surface area contributed by atoms with Gasteiger partial charge in [-0.1, -0.05) is 12.1 Å². The molecular formula is C12H22NO8S+. The number of rotatable bonds is 3. The molecule has 1 rings (SSSR count). The van der Waals surface area contributed by atoms with Crippen LogP contribution in [-0.4, -0.2) is 77.6 Å². The van der Waals surface area contributed by atoms with Crippen molar-refractivity contribution in [3.8, 4) is 5.75 Å². The van der Waals surface area contributed by atoms with E-state index in [0.717, 1.165) is 11.0 Å². The molecule has 0 amide bonds. The lowest BCUT2D eigenvalue weighted by Crippen LogP contribution is -2.36. The van der Waals surface area contributed by atoms with E-state index in [2.05, 4.69) is 21.1 Å². The van der Waals surface area contributed by atoms with Gasteiger partial charge in [0.05, 0.1) is 27.7 Å². The van der Waals surface area contributed by atoms with Gasteiger partial charge < -0.3 is 19.8 Å². The molecule has 0 bridgehead atoms. The van der Waals surface area contributed by atoms with Crippen molar-refractivity contribution in [2.45, 2.75) is 0 Å². The fraction of sp³-hybridized carbons (Fsp3) is 0.417. The molecule has 22 heavy (non-hydrogen) atoms. The largest absolute Gasteiger partial charge is 0.507 e. The summed E-state index contributed by atoms with van der Waals surface area (Å²) in [5.41, 5.74) is -0.0671. The average Bonchev–Trinajstić information content (AvgIpc) is 2.25. The topological polar surface area (TPSA) is 152 Å². The third-order valence-electron chi connectivity index (χ3n) is 1.91. The van der Waals surface area contributed by atoms with Gasteiger partial charge in [-0.15, -0.1) is 0 Å². The molecule has 9 nitrogen and oxygen atoms in total. The Morgan fingerprint density at radius 1 is 1.14 bits per heavy atom. The molecule has 0 aromatic heterocycles. The Hall–Kier alpha value is -1.72. The zero-order valence-electron chi connectivity index (χ0n) is 12.5. The number of hydrogen-bond donors (Lipinski definition) is 5. The van der Waals surface area contributed by atoms with Gasteiger partial charge in [0.1, 0.15) is 17.9 Å². The molecule has 0 atom stereocenters. The number of quaternary nitrogens is 1. The molecule has 0 saturated heterocycles. The molecule has 0 aliphatic rings. The summed E-state index contributed by atoms with van der Waals surface area (Å²) in [4.78, 5) is 10.3. The van der Waals surface area contributed by atoms with E-state index in [1.165, 1.54) is 12.1 Å². The van der Waals surface area contributed by atoms with Gasteiger partial charge in [0, 0.05) is 0 Å². The predicted octanol–water partition coefficient (Wildman–Crippen LogP) is 0.123. The minimum absolute atomic E-state index is 0.0671. The van der Waals surface area contributed by atoms with Crippen molar-refractivity contribution in [3.63, 3.8) is 0 Å². The zero-order valence-corrected chi connectivity index (χ0v) is 13.4. The minimum atomic E-state index is -4.67. The number of carboxylic acids is 1. The van der Waals surface area contributed by atoms with Crippen molar-refractivity contribution in [2.24, 2.45) is 0 Å². The normalized spacial score (nSPS) is 10.6. The van der Waals surface area contributed by atoms with Gasteiger partial charge in [0.15, 0.2) is 0 Å². The molecular weight excluding hydrogens is 318 g/mol. The summed E-state index contributed by atoms with van der Waals surface area (Å²) in [6, 6.07) is 5.81. The number of likely N-dealkylation sites (N-methyl/N-ethyl adjacent to an activating group) is 1. The number of benzene rings is 1. The highest BCUT2D eigenvalue weighted by molar-refractivity contribution is 7.79. The second kappa shape index (κ2) is 10.1. The van der Waals surface area contributed by atoms with E-state index in [4.69, 9.17) is 32.8 Å². The number of hydrogen-bond acceptors (Lipinski definition) is 5. The SMILES string of the molecule is C[N+](C)(C)CCO.O=C(O)c1ccccc1O.O=S(=O)(O)O. The second-order valence-corrected chi connectivity index (χ2v) is 5.90. The molecule has 0 radical (unpaired) electrons. The number of phenols is 1. The maximum Gasteiger partial charge on any atom is 0.394 e. The summed E-state index contributed by atoms with van der Waals surface area (Å²) >= 11 is 0. The minimum Gasteiger partial charge on any atom is -0.507 e. The quantitative estimate of drug-likeness (QED) is 0.384. The number of aromatic carboxylic acids is 1. The molecule has 1 aromatic rings. The van der Waals surface area contributed by atoms with Crippen LogP contribution >= 0.6 is 0 Å². The standard InChI is InChI=1S/C7H6O3.C5H14NO.H2O4S/c8-6-4-2-1-3-5(6)7(9)10;1-6(2,3)4-5-7;1-5(2,3)4/h1-4,8H,(H,9,10);7H,4-5H2,1-3H3;(H2,1,2,3,4)/q;+1;. The monoisotopic (exact) mass is 340 g/mol. The molecule has 0 saturated carbocycles. The van der Waals surface area contributed by atoms with E-state index in [-0.39, 0.29) is 17.9 Å². The van der Waals surface area contributed by atoms with E-state index in [0.29, 0.717) is 0 Å². The van der Waals surface area contributed by atoms with Gasteiger partial charge in [-0.25, -0.2) is 4.79 Å². The summed E-state index contributed by atoms with van der Waals surface area (Å²) in [5, 5.41) is 25.7. The molecule has 128 valence electrons. The van der Waals surface area contributed by atoms with Crippen molar-refractivity contribution < 1.29 is 42.1 Å². The molecule has 0 spiro atoms. The predicted molar refractivity (Wildman–Crippen MR) is 79.2 cm³/mol. The van der Waals surface area contributed by atoms with Crippen LogP contribution < -0.4 is 0 Å². The summed E-state index contributed by atoms with van der Waals surface area (Å²) in [6.45, 7) is 1.11. The highest BCUT2D eigenvalue weighted by atomic mass is 32.3. The summed E-state index contributed by atoms with van der Waals surface area (Å²) in [6.07, 6.45) is 0. The molecule has 10 heteroatoms. The number of carbonyl (C=O) groups is 1. The van der Waals surface area contributed by atoms with E-state index >= 15 is 0 Å². The van der Waals surface area contributed by atoms with Crippen molar-refractivity contribution >= 4 is 16.4 Å².